The molecule has 10 heterocycles. The third-order valence-corrected chi connectivity index (χ3v) is 24.3. The molecule has 0 radical (unpaired) electrons. The van der Waals surface area contributed by atoms with Gasteiger partial charge in [-0.25, -0.2) is 4.79 Å². The van der Waals surface area contributed by atoms with Crippen LogP contribution in [-0.2, 0) is 124 Å². The van der Waals surface area contributed by atoms with Crippen molar-refractivity contribution in [2.24, 2.45) is 0 Å². The highest BCUT2D eigenvalue weighted by Crippen LogP contribution is 2.44. The number of hydrogen-bond acceptors (Lipinski definition) is 53. The number of rotatable bonds is 37. The summed E-state index contributed by atoms with van der Waals surface area (Å²) in [4.78, 5) is 90.6. The van der Waals surface area contributed by atoms with Crippen molar-refractivity contribution in [1.29, 1.82) is 0 Å². The summed E-state index contributed by atoms with van der Waals surface area (Å²) in [6.07, 6.45) is -101. The standard InChI is InChI=1S/C75H124N6O54/c1-18(91)76-35-24(97)7-75(74(115)116,134-60(35)41(99)25(98)8-82)135-61-46(104)30(13-87)121-70(54(61)112)128-57-33(16-90)125-69(40(51(57)109)81-23(6)96)133-64-53(111)45(103)29(12-86)123-73(64)131-62-55(113)71(129-58-32(15-89)124-68(39(50(58)108)80-22(5)95)127-56-31(14-88)118-65(114)36(49(56)107)77-19(2)92)126-34(59(62)130-66-37(78-20(3)93)47(105)42(100)26(9-83)119-66)17-117-72-63(52(110)44(102)28(11-85)122-72)132-67-38(79-21(4)94)48(106)43(101)27(10-84)120-67/h24-73,82-90,97-114H,7-17H2,1-6H3,(H,76,91)(H,77,92)(H,78,93)(H,79,94)(H,80,95)(H,81,96)(H,115,116)/t24-,25+,26+,27+,28+,29+,30+,31+,32+,33+,34+,35+,36+,37-,38+,39+,40+,41+,42+,43+,44+,45+,46-,47+,48+,49+,50+,51+,52-,53-,54+,55-,56+,57+,58+,59+,60+,61-,62+,63-,64-,65+,66-,67-,68-,69-,70-,71-,72-,73+,75-/m0/s1. The Morgan fingerprint density at radius 3 is 1.00 bits per heavy atom. The van der Waals surface area contributed by atoms with Crippen LogP contribution in [-0.4, -0.2) is 563 Å². The highest BCUT2D eigenvalue weighted by Gasteiger charge is 2.65. The Hall–Kier alpha value is -5.55. The highest BCUT2D eigenvalue weighted by molar-refractivity contribution is 5.77. The van der Waals surface area contributed by atoms with E-state index in [0.717, 1.165) is 41.5 Å². The highest BCUT2D eigenvalue weighted by atomic mass is 16.8. The molecule has 60 heteroatoms. The van der Waals surface area contributed by atoms with Gasteiger partial charge < -0.3 is 265 Å². The summed E-state index contributed by atoms with van der Waals surface area (Å²) in [5.41, 5.74) is 0. The lowest BCUT2D eigenvalue weighted by molar-refractivity contribution is -0.409. The smallest absolute Gasteiger partial charge is 0.364 e. The second-order valence-electron chi connectivity index (χ2n) is 33.9. The number of carboxylic acid groups (broad SMARTS) is 1. The van der Waals surface area contributed by atoms with Crippen molar-refractivity contribution >= 4 is 41.4 Å². The van der Waals surface area contributed by atoms with Crippen LogP contribution in [0.5, 0.6) is 0 Å². The number of aliphatic hydroxyl groups excluding tert-OH is 27. The number of carboxylic acids is 1. The molecule has 34 N–H and O–H groups in total. The van der Waals surface area contributed by atoms with E-state index in [-0.39, 0.29) is 0 Å². The average Bonchev–Trinajstić information content (AvgIpc) is 0.754. The van der Waals surface area contributed by atoms with Gasteiger partial charge in [0.1, 0.15) is 238 Å². The lowest BCUT2D eigenvalue weighted by atomic mass is 9.88. The molecule has 0 aromatic carbocycles. The molecule has 0 unspecified atom stereocenters. The molecule has 0 aromatic heterocycles. The first-order valence-electron chi connectivity index (χ1n) is 42.8. The summed E-state index contributed by atoms with van der Waals surface area (Å²) in [6.45, 7) is -6.92. The molecule has 51 atom stereocenters. The number of carbonyl (C=O) groups is 7. The molecule has 10 rings (SSSR count). The number of aliphatic hydroxyl groups is 27. The number of ether oxygens (including phenoxy) is 19. The van der Waals surface area contributed by atoms with Gasteiger partial charge in [-0.2, -0.15) is 0 Å². The molecule has 6 amide bonds. The van der Waals surface area contributed by atoms with E-state index in [9.17, 15) is 177 Å². The molecule has 0 spiro atoms. The summed E-state index contributed by atoms with van der Waals surface area (Å²) in [6, 6.07) is -11.7. The number of aliphatic carboxylic acids is 1. The molecule has 10 aliphatic heterocycles. The zero-order valence-electron chi connectivity index (χ0n) is 72.8. The molecular weight excluding hydrogens is 1850 g/mol. The SMILES string of the molecule is CC(=O)N[C@@H]1[C@H](O[C@H]2[C@H](O[C@H]3O[C@H](CO)[C@@H](O)[C@H](O)[C@@H]3O[C@@H]3O[C@H](CO)[C@@H](O[C@@H]4O[C@H](CO)[C@H](O)[C@H](O[C@]5(C(=O)O)C[C@H](O)[C@@H](NC(C)=O)[C@H]([C@H](O)[C@H](O)CO)O5)[C@H]4O)[C@H](O)[C@H]3NC(C)=O)[C@H](O)[C@H](O[C@H]3[C@H](O)[C@@H](NC(C)=O)[C@H](O[C@H]4[C@H](O)[C@@H](NC(C)=O)[C@H](O)O[C@@H]4CO)O[C@@H]3CO)O[C@@H]2CO[C@H]2O[C@H](CO)[C@@H](O)[C@H](O)[C@@H]2O[C@@H]2O[C@H](CO)[C@@H](O)[C@H](O)[C@H]2NC(C)=O)O[C@H](CO)[C@@H](O)[C@@H]1O. The summed E-state index contributed by atoms with van der Waals surface area (Å²) >= 11 is 0. The second-order valence-corrected chi connectivity index (χ2v) is 33.9. The fourth-order valence-corrected chi connectivity index (χ4v) is 17.4. The zero-order valence-corrected chi connectivity index (χ0v) is 72.8. The monoisotopic (exact) mass is 1970 g/mol. The Bertz CT molecular complexity index is 3820. The number of carbonyl (C=O) groups excluding carboxylic acids is 6. The van der Waals surface area contributed by atoms with Crippen molar-refractivity contribution in [2.45, 2.75) is 360 Å². The largest absolute Gasteiger partial charge is 0.477 e. The van der Waals surface area contributed by atoms with Crippen molar-refractivity contribution in [3.8, 4) is 0 Å². The van der Waals surface area contributed by atoms with Crippen LogP contribution in [0.25, 0.3) is 0 Å². The molecule has 10 saturated heterocycles. The van der Waals surface area contributed by atoms with Crippen molar-refractivity contribution in [2.75, 3.05) is 66.1 Å². The van der Waals surface area contributed by atoms with E-state index in [2.05, 4.69) is 31.9 Å². The molecule has 778 valence electrons. The maximum Gasteiger partial charge on any atom is 0.364 e. The predicted octanol–water partition coefficient (Wildman–Crippen LogP) is -22.7. The van der Waals surface area contributed by atoms with Gasteiger partial charge in [-0.3, -0.25) is 28.8 Å². The van der Waals surface area contributed by atoms with E-state index in [1.165, 1.54) is 0 Å². The lowest BCUT2D eigenvalue weighted by Crippen LogP contribution is -2.72. The van der Waals surface area contributed by atoms with Crippen LogP contribution in [0.4, 0.5) is 0 Å². The minimum Gasteiger partial charge on any atom is -0.477 e. The van der Waals surface area contributed by atoms with Gasteiger partial charge in [0.15, 0.2) is 56.6 Å². The van der Waals surface area contributed by atoms with Crippen LogP contribution in [0.3, 0.4) is 0 Å². The van der Waals surface area contributed by atoms with Gasteiger partial charge in [-0.15, -0.1) is 0 Å². The summed E-state index contributed by atoms with van der Waals surface area (Å²) in [5, 5.41) is 331. The van der Waals surface area contributed by atoms with E-state index >= 15 is 0 Å². The molecule has 0 aliphatic carbocycles. The molecule has 0 aromatic rings. The number of hydrogen-bond donors (Lipinski definition) is 34. The van der Waals surface area contributed by atoms with Crippen molar-refractivity contribution in [1.82, 2.24) is 31.9 Å². The van der Waals surface area contributed by atoms with Crippen LogP contribution >= 0.6 is 0 Å². The summed E-state index contributed by atoms with van der Waals surface area (Å²) in [7, 11) is 0. The van der Waals surface area contributed by atoms with Crippen molar-refractivity contribution in [3.63, 3.8) is 0 Å². The lowest BCUT2D eigenvalue weighted by Gasteiger charge is -2.52. The topological polar surface area (TPSA) is 933 Å². The van der Waals surface area contributed by atoms with Crippen LogP contribution in [0.15, 0.2) is 0 Å². The maximum absolute atomic E-state index is 13.5. The third kappa shape index (κ3) is 25.0. The Kier molecular flexibility index (Phi) is 40.0. The molecule has 0 bridgehead atoms. The second kappa shape index (κ2) is 48.5. The first kappa shape index (κ1) is 111. The van der Waals surface area contributed by atoms with Crippen LogP contribution in [0.1, 0.15) is 48.0 Å². The minimum atomic E-state index is -3.36. The number of amides is 6. The molecule has 10 fully saturated rings. The summed E-state index contributed by atoms with van der Waals surface area (Å²) in [5.74, 6) is -11.4. The van der Waals surface area contributed by atoms with Gasteiger partial charge in [0.05, 0.1) is 78.2 Å². The van der Waals surface area contributed by atoms with Crippen molar-refractivity contribution in [3.05, 3.63) is 0 Å². The van der Waals surface area contributed by atoms with E-state index in [1.54, 1.807) is 0 Å². The van der Waals surface area contributed by atoms with Gasteiger partial charge in [0.25, 0.3) is 5.79 Å². The first-order valence-corrected chi connectivity index (χ1v) is 42.8. The quantitative estimate of drug-likeness (QED) is 0.0275. The average molecular weight is 1970 g/mol. The Balaban J connectivity index is 1.07. The molecule has 10 aliphatic rings. The van der Waals surface area contributed by atoms with Crippen LogP contribution in [0.2, 0.25) is 0 Å². The zero-order chi connectivity index (χ0) is 99.9. The van der Waals surface area contributed by atoms with Crippen molar-refractivity contribution < 1.29 is 267 Å². The molecule has 60 nitrogen and oxygen atoms in total. The van der Waals surface area contributed by atoms with E-state index in [4.69, 9.17) is 90.0 Å². The van der Waals surface area contributed by atoms with Gasteiger partial charge in [-0.1, -0.05) is 0 Å². The van der Waals surface area contributed by atoms with Crippen LogP contribution in [0, 0.1) is 0 Å². The van der Waals surface area contributed by atoms with Crippen LogP contribution < -0.4 is 31.9 Å². The normalized spacial score (nSPS) is 46.4. The maximum atomic E-state index is 13.5. The molecule has 0 saturated carbocycles. The Morgan fingerprint density at radius 2 is 0.600 bits per heavy atom. The van der Waals surface area contributed by atoms with E-state index in [0.29, 0.717) is 0 Å². The van der Waals surface area contributed by atoms with E-state index < -0.39 is 426 Å². The third-order valence-electron chi connectivity index (χ3n) is 24.3. The summed E-state index contributed by atoms with van der Waals surface area (Å²) < 4.78 is 116. The first-order chi connectivity index (χ1) is 63.7. The molecular formula is C75H124N6O54. The Labute approximate surface area is 764 Å². The molecule has 135 heavy (non-hydrogen) atoms. The number of nitrogens with one attached hydrogen (secondary N) is 6. The van der Waals surface area contributed by atoms with E-state index in [1.807, 2.05) is 0 Å². The van der Waals surface area contributed by atoms with Gasteiger partial charge >= 0.3 is 5.97 Å². The van der Waals surface area contributed by atoms with Gasteiger partial charge in [0.2, 0.25) is 35.4 Å². The Morgan fingerprint density at radius 1 is 0.304 bits per heavy atom. The van der Waals surface area contributed by atoms with Gasteiger partial charge in [0, 0.05) is 48.0 Å². The fourth-order valence-electron chi connectivity index (χ4n) is 17.4. The predicted molar refractivity (Wildman–Crippen MR) is 416 cm³/mol. The minimum absolute atomic E-state index is 0.830. The van der Waals surface area contributed by atoms with Gasteiger partial charge in [-0.05, 0) is 0 Å². The fraction of sp³-hybridized carbons (Fsp3) is 0.907.